The minimum absolute atomic E-state index is 0.0201. The summed E-state index contributed by atoms with van der Waals surface area (Å²) < 4.78 is 0. The fourth-order valence-corrected chi connectivity index (χ4v) is 2.06. The predicted molar refractivity (Wildman–Crippen MR) is 70.0 cm³/mol. The Balaban J connectivity index is 2.34. The van der Waals surface area contributed by atoms with Crippen LogP contribution in [0.25, 0.3) is 22.0 Å². The van der Waals surface area contributed by atoms with Gasteiger partial charge in [-0.15, -0.1) is 0 Å². The van der Waals surface area contributed by atoms with Crippen LogP contribution < -0.4 is 5.43 Å². The molecule has 82 valence electrons. The molecule has 0 bridgehead atoms. The molecule has 0 aliphatic rings. The van der Waals surface area contributed by atoms with Crippen molar-refractivity contribution in [3.8, 4) is 11.3 Å². The molecule has 2 nitrogen and oxygen atoms in total. The smallest absolute Gasteiger partial charge is 0.182 e. The zero-order chi connectivity index (χ0) is 11.7. The number of benzene rings is 2. The zero-order valence-electron chi connectivity index (χ0n) is 9.18. The van der Waals surface area contributed by atoms with Crippen molar-refractivity contribution >= 4 is 10.8 Å². The van der Waals surface area contributed by atoms with Gasteiger partial charge in [0.25, 0.3) is 0 Å². The monoisotopic (exact) mass is 221 g/mol. The fourth-order valence-electron chi connectivity index (χ4n) is 2.06. The van der Waals surface area contributed by atoms with Gasteiger partial charge >= 0.3 is 0 Å². The number of hydrogen-bond donors (Lipinski definition) is 1. The SMILES string of the molecule is O=c1cc[nH]c(-c2cccc3ccccc23)c1. The molecule has 2 aromatic carbocycles. The Morgan fingerprint density at radius 3 is 2.59 bits per heavy atom. The molecule has 0 atom stereocenters. The maximum Gasteiger partial charge on any atom is 0.182 e. The molecule has 1 N–H and O–H groups in total. The van der Waals surface area contributed by atoms with E-state index in [4.69, 9.17) is 0 Å². The summed E-state index contributed by atoms with van der Waals surface area (Å²) in [7, 11) is 0. The fraction of sp³-hybridized carbons (Fsp3) is 0. The largest absolute Gasteiger partial charge is 0.361 e. The van der Waals surface area contributed by atoms with Gasteiger partial charge in [0, 0.05) is 29.6 Å². The highest BCUT2D eigenvalue weighted by Crippen LogP contribution is 2.25. The molecule has 3 aromatic rings. The first-order chi connectivity index (χ1) is 8.34. The summed E-state index contributed by atoms with van der Waals surface area (Å²) in [5.41, 5.74) is 1.93. The van der Waals surface area contributed by atoms with Gasteiger partial charge < -0.3 is 4.98 Å². The number of hydrogen-bond acceptors (Lipinski definition) is 1. The molecule has 0 spiro atoms. The first kappa shape index (κ1) is 9.85. The lowest BCUT2D eigenvalue weighted by Gasteiger charge is -2.06. The molecule has 17 heavy (non-hydrogen) atoms. The molecule has 0 saturated heterocycles. The van der Waals surface area contributed by atoms with Gasteiger partial charge in [-0.2, -0.15) is 0 Å². The number of pyridine rings is 1. The van der Waals surface area contributed by atoms with E-state index < -0.39 is 0 Å². The van der Waals surface area contributed by atoms with Crippen molar-refractivity contribution < 1.29 is 0 Å². The number of H-pyrrole nitrogens is 1. The number of aromatic amines is 1. The van der Waals surface area contributed by atoms with Gasteiger partial charge in [-0.05, 0) is 10.8 Å². The van der Waals surface area contributed by atoms with Crippen LogP contribution >= 0.6 is 0 Å². The number of rotatable bonds is 1. The van der Waals surface area contributed by atoms with Gasteiger partial charge in [-0.25, -0.2) is 0 Å². The molecular formula is C15H11NO. The molecule has 0 radical (unpaired) electrons. The average molecular weight is 221 g/mol. The highest BCUT2D eigenvalue weighted by atomic mass is 16.1. The summed E-state index contributed by atoms with van der Waals surface area (Å²) in [6.45, 7) is 0. The van der Waals surface area contributed by atoms with E-state index in [1.807, 2.05) is 24.3 Å². The second-order valence-corrected chi connectivity index (χ2v) is 3.96. The molecular weight excluding hydrogens is 210 g/mol. The van der Waals surface area contributed by atoms with Crippen LogP contribution in [0.3, 0.4) is 0 Å². The van der Waals surface area contributed by atoms with Crippen LogP contribution in [0.1, 0.15) is 0 Å². The van der Waals surface area contributed by atoms with E-state index in [0.717, 1.165) is 16.6 Å². The second kappa shape index (κ2) is 3.91. The summed E-state index contributed by atoms with van der Waals surface area (Å²) in [5, 5.41) is 2.33. The first-order valence-corrected chi connectivity index (χ1v) is 5.51. The van der Waals surface area contributed by atoms with Crippen molar-refractivity contribution in [3.63, 3.8) is 0 Å². The molecule has 0 fully saturated rings. The zero-order valence-corrected chi connectivity index (χ0v) is 9.18. The summed E-state index contributed by atoms with van der Waals surface area (Å²) in [4.78, 5) is 14.5. The van der Waals surface area contributed by atoms with Crippen LogP contribution in [0.4, 0.5) is 0 Å². The van der Waals surface area contributed by atoms with Crippen molar-refractivity contribution in [2.75, 3.05) is 0 Å². The normalized spacial score (nSPS) is 10.6. The van der Waals surface area contributed by atoms with E-state index in [-0.39, 0.29) is 5.43 Å². The third kappa shape index (κ3) is 1.74. The van der Waals surface area contributed by atoms with Gasteiger partial charge in [0.15, 0.2) is 5.43 Å². The van der Waals surface area contributed by atoms with Crippen LogP contribution in [0.5, 0.6) is 0 Å². The second-order valence-electron chi connectivity index (χ2n) is 3.96. The van der Waals surface area contributed by atoms with Crippen LogP contribution in [0.2, 0.25) is 0 Å². The van der Waals surface area contributed by atoms with E-state index in [2.05, 4.69) is 23.2 Å². The van der Waals surface area contributed by atoms with Gasteiger partial charge in [-0.1, -0.05) is 42.5 Å². The van der Waals surface area contributed by atoms with E-state index in [1.165, 1.54) is 11.5 Å². The molecule has 0 aliphatic carbocycles. The quantitative estimate of drug-likeness (QED) is 0.672. The number of aromatic nitrogens is 1. The topological polar surface area (TPSA) is 32.9 Å². The molecule has 0 aliphatic heterocycles. The standard InChI is InChI=1S/C15H11NO/c17-12-8-9-16-15(10-12)14-7-3-5-11-4-1-2-6-13(11)14/h1-10H,(H,16,17). The summed E-state index contributed by atoms with van der Waals surface area (Å²) in [5.74, 6) is 0. The van der Waals surface area contributed by atoms with Crippen LogP contribution in [0.15, 0.2) is 65.6 Å². The van der Waals surface area contributed by atoms with Crippen LogP contribution in [-0.4, -0.2) is 4.98 Å². The Morgan fingerprint density at radius 2 is 1.71 bits per heavy atom. The highest BCUT2D eigenvalue weighted by molar-refractivity contribution is 5.95. The van der Waals surface area contributed by atoms with Crippen molar-refractivity contribution in [1.82, 2.24) is 4.98 Å². The summed E-state index contributed by atoms with van der Waals surface area (Å²) in [6.07, 6.45) is 1.68. The van der Waals surface area contributed by atoms with E-state index in [0.29, 0.717) is 0 Å². The van der Waals surface area contributed by atoms with Crippen LogP contribution in [-0.2, 0) is 0 Å². The van der Waals surface area contributed by atoms with Gasteiger partial charge in [0.2, 0.25) is 0 Å². The van der Waals surface area contributed by atoms with Crippen molar-refractivity contribution in [3.05, 3.63) is 71.0 Å². The maximum absolute atomic E-state index is 11.4. The lowest BCUT2D eigenvalue weighted by atomic mass is 10.0. The van der Waals surface area contributed by atoms with E-state index >= 15 is 0 Å². The maximum atomic E-state index is 11.4. The number of fused-ring (bicyclic) bond motifs is 1. The predicted octanol–water partition coefficient (Wildman–Crippen LogP) is 3.20. The Hall–Kier alpha value is -2.35. The van der Waals surface area contributed by atoms with Gasteiger partial charge in [0.05, 0.1) is 0 Å². The van der Waals surface area contributed by atoms with E-state index in [9.17, 15) is 4.79 Å². The lowest BCUT2D eigenvalue weighted by Crippen LogP contribution is -1.98. The van der Waals surface area contributed by atoms with Crippen LogP contribution in [0, 0.1) is 0 Å². The van der Waals surface area contributed by atoms with E-state index in [1.54, 1.807) is 12.3 Å². The third-order valence-corrected chi connectivity index (χ3v) is 2.85. The number of nitrogens with one attached hydrogen (secondary N) is 1. The van der Waals surface area contributed by atoms with Crippen molar-refractivity contribution in [2.24, 2.45) is 0 Å². The molecule has 0 amide bonds. The Kier molecular flexibility index (Phi) is 2.26. The lowest BCUT2D eigenvalue weighted by molar-refractivity contribution is 1.31. The minimum Gasteiger partial charge on any atom is -0.361 e. The Labute approximate surface area is 98.6 Å². The molecule has 1 aromatic heterocycles. The third-order valence-electron chi connectivity index (χ3n) is 2.85. The summed E-state index contributed by atoms with van der Waals surface area (Å²) >= 11 is 0. The molecule has 0 unspecified atom stereocenters. The molecule has 0 saturated carbocycles. The molecule has 3 rings (SSSR count). The first-order valence-electron chi connectivity index (χ1n) is 5.51. The molecule has 1 heterocycles. The van der Waals surface area contributed by atoms with Gasteiger partial charge in [0.1, 0.15) is 0 Å². The highest BCUT2D eigenvalue weighted by Gasteiger charge is 2.03. The minimum atomic E-state index is 0.0201. The van der Waals surface area contributed by atoms with Crippen molar-refractivity contribution in [1.29, 1.82) is 0 Å². The average Bonchev–Trinajstić information content (AvgIpc) is 2.38. The summed E-state index contributed by atoms with van der Waals surface area (Å²) in [6, 6.07) is 17.4. The molecule has 2 heteroatoms. The van der Waals surface area contributed by atoms with Gasteiger partial charge in [-0.3, -0.25) is 4.79 Å². The van der Waals surface area contributed by atoms with Crippen molar-refractivity contribution in [2.45, 2.75) is 0 Å². The Morgan fingerprint density at radius 1 is 0.882 bits per heavy atom. The Bertz CT molecular complexity index is 723.